The molecule has 0 bridgehead atoms. The van der Waals surface area contributed by atoms with Crippen LogP contribution in [0, 0.1) is 5.92 Å². The quantitative estimate of drug-likeness (QED) is 0.701. The lowest BCUT2D eigenvalue weighted by atomic mass is 10.0. The van der Waals surface area contributed by atoms with Crippen LogP contribution >= 0.6 is 0 Å². The molecule has 0 saturated carbocycles. The van der Waals surface area contributed by atoms with Gasteiger partial charge in [0.1, 0.15) is 12.0 Å². The summed E-state index contributed by atoms with van der Waals surface area (Å²) in [7, 11) is 1.29. The van der Waals surface area contributed by atoms with Gasteiger partial charge in [0.05, 0.1) is 26.4 Å². The highest BCUT2D eigenvalue weighted by molar-refractivity contribution is 5.84. The highest BCUT2D eigenvalue weighted by Crippen LogP contribution is 2.20. The summed E-state index contributed by atoms with van der Waals surface area (Å²) in [5.41, 5.74) is 0. The lowest BCUT2D eigenvalue weighted by Crippen LogP contribution is -2.55. The molecule has 2 heterocycles. The summed E-state index contributed by atoms with van der Waals surface area (Å²) < 4.78 is 9.83. The number of urea groups is 1. The Labute approximate surface area is 122 Å². The lowest BCUT2D eigenvalue weighted by Gasteiger charge is -2.34. The summed E-state index contributed by atoms with van der Waals surface area (Å²) in [6.45, 7) is 0.705. The molecule has 8 heteroatoms. The van der Waals surface area contributed by atoms with Crippen LogP contribution < -0.4 is 5.32 Å². The normalized spacial score (nSPS) is 29.0. The number of likely N-dealkylation sites (tertiary alicyclic amines) is 1. The van der Waals surface area contributed by atoms with Crippen molar-refractivity contribution in [2.24, 2.45) is 5.92 Å². The molecule has 2 N–H and O–H groups in total. The Morgan fingerprint density at radius 3 is 2.71 bits per heavy atom. The molecular weight excluding hydrogens is 280 g/mol. The third-order valence-corrected chi connectivity index (χ3v) is 3.94. The van der Waals surface area contributed by atoms with Crippen LogP contribution in [-0.2, 0) is 19.1 Å². The zero-order valence-corrected chi connectivity index (χ0v) is 11.9. The van der Waals surface area contributed by atoms with Crippen LogP contribution in [0.1, 0.15) is 19.3 Å². The van der Waals surface area contributed by atoms with Gasteiger partial charge in [-0.2, -0.15) is 0 Å². The molecule has 118 valence electrons. The number of esters is 1. The molecule has 2 amide bonds. The maximum absolute atomic E-state index is 12.3. The van der Waals surface area contributed by atoms with E-state index in [1.165, 1.54) is 12.0 Å². The summed E-state index contributed by atoms with van der Waals surface area (Å²) in [5, 5.41) is 11.7. The maximum Gasteiger partial charge on any atom is 0.328 e. The molecule has 2 rings (SSSR count). The van der Waals surface area contributed by atoms with Crippen molar-refractivity contribution in [1.29, 1.82) is 0 Å². The number of carboxylic acids is 1. The first-order valence-electron chi connectivity index (χ1n) is 7.00. The highest BCUT2D eigenvalue weighted by atomic mass is 16.5. The Morgan fingerprint density at radius 1 is 1.29 bits per heavy atom. The van der Waals surface area contributed by atoms with Crippen molar-refractivity contribution in [3.63, 3.8) is 0 Å². The largest absolute Gasteiger partial charge is 0.481 e. The Kier molecular flexibility index (Phi) is 5.00. The summed E-state index contributed by atoms with van der Waals surface area (Å²) in [6, 6.07) is -1.61. The molecule has 0 aromatic carbocycles. The van der Waals surface area contributed by atoms with Crippen LogP contribution in [0.5, 0.6) is 0 Å². The van der Waals surface area contributed by atoms with Crippen LogP contribution in [0.25, 0.3) is 0 Å². The van der Waals surface area contributed by atoms with Gasteiger partial charge in [0.15, 0.2) is 0 Å². The average molecular weight is 300 g/mol. The van der Waals surface area contributed by atoms with Crippen LogP contribution in [0.3, 0.4) is 0 Å². The number of aliphatic carboxylic acids is 1. The fourth-order valence-electron chi connectivity index (χ4n) is 2.74. The van der Waals surface area contributed by atoms with Crippen molar-refractivity contribution in [2.75, 3.05) is 26.9 Å². The van der Waals surface area contributed by atoms with E-state index in [4.69, 9.17) is 14.6 Å². The molecule has 8 nitrogen and oxygen atoms in total. The minimum atomic E-state index is -0.999. The second-order valence-corrected chi connectivity index (χ2v) is 5.27. The number of nitrogens with zero attached hydrogens (tertiary/aromatic N) is 1. The van der Waals surface area contributed by atoms with Gasteiger partial charge in [-0.3, -0.25) is 4.79 Å². The van der Waals surface area contributed by atoms with Crippen molar-refractivity contribution in [3.05, 3.63) is 0 Å². The van der Waals surface area contributed by atoms with Crippen LogP contribution in [-0.4, -0.2) is 66.9 Å². The minimum Gasteiger partial charge on any atom is -0.481 e. The molecular formula is C13H20N2O6. The zero-order chi connectivity index (χ0) is 15.4. The lowest BCUT2D eigenvalue weighted by molar-refractivity contribution is -0.147. The van der Waals surface area contributed by atoms with Gasteiger partial charge in [-0.25, -0.2) is 9.59 Å². The first kappa shape index (κ1) is 15.6. The predicted molar refractivity (Wildman–Crippen MR) is 70.6 cm³/mol. The number of hydrogen-bond acceptors (Lipinski definition) is 5. The highest BCUT2D eigenvalue weighted by Gasteiger charge is 2.38. The minimum absolute atomic E-state index is 0.0840. The van der Waals surface area contributed by atoms with E-state index >= 15 is 0 Å². The number of piperidine rings is 1. The molecule has 2 saturated heterocycles. The number of hydrogen-bond donors (Lipinski definition) is 2. The van der Waals surface area contributed by atoms with Gasteiger partial charge in [-0.1, -0.05) is 0 Å². The number of methoxy groups -OCH3 is 1. The average Bonchev–Trinajstić information content (AvgIpc) is 2.94. The van der Waals surface area contributed by atoms with E-state index in [9.17, 15) is 14.4 Å². The molecule has 0 radical (unpaired) electrons. The summed E-state index contributed by atoms with van der Waals surface area (Å²) in [6.07, 6.45) is 2.22. The van der Waals surface area contributed by atoms with E-state index in [1.54, 1.807) is 0 Å². The number of carboxylic acid groups (broad SMARTS) is 1. The molecule has 0 aromatic rings. The Bertz CT molecular complexity index is 427. The van der Waals surface area contributed by atoms with Crippen molar-refractivity contribution in [3.8, 4) is 0 Å². The molecule has 0 aromatic heterocycles. The number of carbonyl (C=O) groups excluding carboxylic acids is 2. The molecule has 21 heavy (non-hydrogen) atoms. The van der Waals surface area contributed by atoms with E-state index in [0.717, 1.165) is 12.8 Å². The first-order valence-corrected chi connectivity index (χ1v) is 7.00. The van der Waals surface area contributed by atoms with E-state index in [-0.39, 0.29) is 13.2 Å². The second-order valence-electron chi connectivity index (χ2n) is 5.27. The van der Waals surface area contributed by atoms with Crippen molar-refractivity contribution < 1.29 is 29.0 Å². The molecule has 2 aliphatic rings. The predicted octanol–water partition coefficient (Wildman–Crippen LogP) is -0.177. The first-order chi connectivity index (χ1) is 10.0. The number of rotatable bonds is 3. The van der Waals surface area contributed by atoms with Gasteiger partial charge >= 0.3 is 18.0 Å². The van der Waals surface area contributed by atoms with E-state index in [1.807, 2.05) is 0 Å². The Balaban J connectivity index is 2.00. The Morgan fingerprint density at radius 2 is 2.05 bits per heavy atom. The number of amides is 2. The smallest absolute Gasteiger partial charge is 0.328 e. The van der Waals surface area contributed by atoms with Gasteiger partial charge < -0.3 is 24.8 Å². The zero-order valence-electron chi connectivity index (χ0n) is 11.9. The van der Waals surface area contributed by atoms with E-state index in [2.05, 4.69) is 5.32 Å². The molecule has 0 spiro atoms. The van der Waals surface area contributed by atoms with Gasteiger partial charge in [-0.05, 0) is 19.3 Å². The third-order valence-electron chi connectivity index (χ3n) is 3.94. The van der Waals surface area contributed by atoms with Crippen LogP contribution in [0.15, 0.2) is 0 Å². The monoisotopic (exact) mass is 300 g/mol. The standard InChI is InChI=1S/C13H20N2O6/c1-20-12(18)10-4-2-3-5-15(10)13(19)14-9-7-21-6-8(9)11(16)17/h8-10H,2-7H2,1H3,(H,14,19)(H,16,17). The van der Waals surface area contributed by atoms with Crippen LogP contribution in [0.4, 0.5) is 4.79 Å². The van der Waals surface area contributed by atoms with Gasteiger partial charge in [-0.15, -0.1) is 0 Å². The number of ether oxygens (including phenoxy) is 2. The van der Waals surface area contributed by atoms with Crippen molar-refractivity contribution in [2.45, 2.75) is 31.3 Å². The molecule has 3 unspecified atom stereocenters. The fraction of sp³-hybridized carbons (Fsp3) is 0.769. The topological polar surface area (TPSA) is 105 Å². The molecule has 2 aliphatic heterocycles. The van der Waals surface area contributed by atoms with Gasteiger partial charge in [0.2, 0.25) is 0 Å². The number of carbonyl (C=O) groups is 3. The second kappa shape index (κ2) is 6.75. The summed E-state index contributed by atoms with van der Waals surface area (Å²) in [4.78, 5) is 36.5. The summed E-state index contributed by atoms with van der Waals surface area (Å²) >= 11 is 0. The maximum atomic E-state index is 12.3. The summed E-state index contributed by atoms with van der Waals surface area (Å²) in [5.74, 6) is -2.20. The van der Waals surface area contributed by atoms with E-state index < -0.39 is 36.0 Å². The third kappa shape index (κ3) is 3.44. The van der Waals surface area contributed by atoms with Crippen molar-refractivity contribution in [1.82, 2.24) is 10.2 Å². The van der Waals surface area contributed by atoms with Crippen LogP contribution in [0.2, 0.25) is 0 Å². The molecule has 3 atom stereocenters. The fourth-order valence-corrected chi connectivity index (χ4v) is 2.74. The number of nitrogens with one attached hydrogen (secondary N) is 1. The Hall–Kier alpha value is -1.83. The van der Waals surface area contributed by atoms with Gasteiger partial charge in [0, 0.05) is 6.54 Å². The van der Waals surface area contributed by atoms with E-state index in [0.29, 0.717) is 13.0 Å². The SMILES string of the molecule is COC(=O)C1CCCCN1C(=O)NC1COCC1C(=O)O. The molecule has 2 fully saturated rings. The molecule has 0 aliphatic carbocycles. The van der Waals surface area contributed by atoms with Crippen molar-refractivity contribution >= 4 is 18.0 Å². The van der Waals surface area contributed by atoms with Gasteiger partial charge in [0.25, 0.3) is 0 Å².